The first-order valence-electron chi connectivity index (χ1n) is 5.05. The van der Waals surface area contributed by atoms with Crippen LogP contribution in [0.1, 0.15) is 24.5 Å². The summed E-state index contributed by atoms with van der Waals surface area (Å²) in [5.41, 5.74) is 2.60. The van der Waals surface area contributed by atoms with E-state index in [1.165, 1.54) is 11.1 Å². The van der Waals surface area contributed by atoms with Gasteiger partial charge in [-0.15, -0.1) is 0 Å². The summed E-state index contributed by atoms with van der Waals surface area (Å²) in [5.74, 6) is 0.124. The van der Waals surface area contributed by atoms with Crippen LogP contribution in [-0.2, 0) is 11.2 Å². The van der Waals surface area contributed by atoms with Crippen molar-refractivity contribution in [2.45, 2.75) is 26.7 Å². The molecule has 0 aromatic heterocycles. The first kappa shape index (κ1) is 10.8. The minimum atomic E-state index is 0.124. The second kappa shape index (κ2) is 5.43. The quantitative estimate of drug-likeness (QED) is 0.775. The Morgan fingerprint density at radius 1 is 1.36 bits per heavy atom. The molecule has 76 valence electrons. The van der Waals surface area contributed by atoms with E-state index in [9.17, 15) is 4.79 Å². The molecule has 1 aromatic carbocycles. The number of carbonyl (C=O) groups is 1. The van der Waals surface area contributed by atoms with Crippen molar-refractivity contribution in [3.05, 3.63) is 35.4 Å². The fourth-order valence-electron chi connectivity index (χ4n) is 1.35. The van der Waals surface area contributed by atoms with Crippen molar-refractivity contribution in [3.63, 3.8) is 0 Å². The van der Waals surface area contributed by atoms with Crippen molar-refractivity contribution in [1.82, 2.24) is 5.32 Å². The fraction of sp³-hybridized carbons (Fsp3) is 0.417. The van der Waals surface area contributed by atoms with Crippen molar-refractivity contribution >= 4 is 5.91 Å². The minimum absolute atomic E-state index is 0.124. The number of nitrogens with one attached hydrogen (secondary N) is 1. The minimum Gasteiger partial charge on any atom is -0.356 e. The zero-order valence-electron chi connectivity index (χ0n) is 8.84. The highest BCUT2D eigenvalue weighted by Gasteiger charge is 1.98. The van der Waals surface area contributed by atoms with Gasteiger partial charge in [-0.1, -0.05) is 31.2 Å². The van der Waals surface area contributed by atoms with Gasteiger partial charge in [-0.2, -0.15) is 0 Å². The fourth-order valence-corrected chi connectivity index (χ4v) is 1.35. The Morgan fingerprint density at radius 3 is 2.71 bits per heavy atom. The van der Waals surface area contributed by atoms with Gasteiger partial charge >= 0.3 is 0 Å². The highest BCUT2D eigenvalue weighted by molar-refractivity contribution is 5.75. The second-order valence-electron chi connectivity index (χ2n) is 3.38. The molecule has 14 heavy (non-hydrogen) atoms. The van der Waals surface area contributed by atoms with E-state index >= 15 is 0 Å². The van der Waals surface area contributed by atoms with Gasteiger partial charge in [0.05, 0.1) is 0 Å². The van der Waals surface area contributed by atoms with Gasteiger partial charge in [-0.05, 0) is 24.5 Å². The predicted octanol–water partition coefficient (Wildman–Crippen LogP) is 2.06. The molecule has 0 aliphatic rings. The van der Waals surface area contributed by atoms with Gasteiger partial charge in [-0.25, -0.2) is 0 Å². The number of benzene rings is 1. The monoisotopic (exact) mass is 191 g/mol. The van der Waals surface area contributed by atoms with Gasteiger partial charge in [0.2, 0.25) is 5.91 Å². The van der Waals surface area contributed by atoms with E-state index in [2.05, 4.69) is 24.4 Å². The van der Waals surface area contributed by atoms with Crippen LogP contribution in [0.15, 0.2) is 24.3 Å². The molecule has 0 radical (unpaired) electrons. The molecular formula is C12H17NO. The molecule has 0 spiro atoms. The number of amides is 1. The largest absolute Gasteiger partial charge is 0.356 e. The average molecular weight is 191 g/mol. The summed E-state index contributed by atoms with van der Waals surface area (Å²) in [5, 5.41) is 2.87. The summed E-state index contributed by atoms with van der Waals surface area (Å²) in [7, 11) is 0. The van der Waals surface area contributed by atoms with E-state index in [1.807, 2.05) is 19.1 Å². The Balaban J connectivity index is 2.39. The van der Waals surface area contributed by atoms with Crippen LogP contribution in [-0.4, -0.2) is 12.5 Å². The maximum atomic E-state index is 11.0. The molecule has 1 amide bonds. The molecule has 0 fully saturated rings. The van der Waals surface area contributed by atoms with Crippen LogP contribution in [0.2, 0.25) is 0 Å². The molecule has 0 bridgehead atoms. The SMILES string of the molecule is CCC(=O)NCCc1ccccc1C. The first-order chi connectivity index (χ1) is 6.74. The van der Waals surface area contributed by atoms with Crippen molar-refractivity contribution in [2.75, 3.05) is 6.54 Å². The van der Waals surface area contributed by atoms with Crippen LogP contribution in [0.5, 0.6) is 0 Å². The van der Waals surface area contributed by atoms with Gasteiger partial charge in [0.1, 0.15) is 0 Å². The highest BCUT2D eigenvalue weighted by Crippen LogP contribution is 2.06. The summed E-state index contributed by atoms with van der Waals surface area (Å²) < 4.78 is 0. The zero-order valence-corrected chi connectivity index (χ0v) is 8.84. The Bertz CT molecular complexity index is 307. The Kier molecular flexibility index (Phi) is 4.17. The lowest BCUT2D eigenvalue weighted by Gasteiger charge is -2.06. The van der Waals surface area contributed by atoms with E-state index in [0.717, 1.165) is 13.0 Å². The molecule has 1 aromatic rings. The van der Waals surface area contributed by atoms with Gasteiger partial charge in [0, 0.05) is 13.0 Å². The molecule has 0 aliphatic heterocycles. The van der Waals surface area contributed by atoms with Crippen molar-refractivity contribution in [3.8, 4) is 0 Å². The molecule has 0 aliphatic carbocycles. The van der Waals surface area contributed by atoms with Crippen LogP contribution in [0, 0.1) is 6.92 Å². The Labute approximate surface area is 85.3 Å². The molecule has 0 saturated heterocycles. The average Bonchev–Trinajstić information content (AvgIpc) is 2.20. The van der Waals surface area contributed by atoms with E-state index < -0.39 is 0 Å². The summed E-state index contributed by atoms with van der Waals surface area (Å²) in [4.78, 5) is 11.0. The van der Waals surface area contributed by atoms with Crippen LogP contribution in [0.25, 0.3) is 0 Å². The molecule has 1 rings (SSSR count). The van der Waals surface area contributed by atoms with Gasteiger partial charge in [0.15, 0.2) is 0 Å². The maximum absolute atomic E-state index is 11.0. The topological polar surface area (TPSA) is 29.1 Å². The van der Waals surface area contributed by atoms with E-state index in [4.69, 9.17) is 0 Å². The van der Waals surface area contributed by atoms with Crippen LogP contribution in [0.4, 0.5) is 0 Å². The lowest BCUT2D eigenvalue weighted by molar-refractivity contribution is -0.120. The van der Waals surface area contributed by atoms with Crippen LogP contribution >= 0.6 is 0 Å². The lowest BCUT2D eigenvalue weighted by Crippen LogP contribution is -2.24. The number of aryl methyl sites for hydroxylation is 1. The summed E-state index contributed by atoms with van der Waals surface area (Å²) >= 11 is 0. The molecule has 2 heteroatoms. The van der Waals surface area contributed by atoms with Gasteiger partial charge < -0.3 is 5.32 Å². The van der Waals surface area contributed by atoms with Crippen LogP contribution < -0.4 is 5.32 Å². The summed E-state index contributed by atoms with van der Waals surface area (Å²) in [6, 6.07) is 8.26. The smallest absolute Gasteiger partial charge is 0.219 e. The third-order valence-electron chi connectivity index (χ3n) is 2.30. The Morgan fingerprint density at radius 2 is 2.07 bits per heavy atom. The van der Waals surface area contributed by atoms with Gasteiger partial charge in [0.25, 0.3) is 0 Å². The third kappa shape index (κ3) is 3.21. The second-order valence-corrected chi connectivity index (χ2v) is 3.38. The number of hydrogen-bond acceptors (Lipinski definition) is 1. The number of carbonyl (C=O) groups excluding carboxylic acids is 1. The Hall–Kier alpha value is -1.31. The molecule has 2 nitrogen and oxygen atoms in total. The van der Waals surface area contributed by atoms with E-state index in [1.54, 1.807) is 0 Å². The molecule has 0 saturated carbocycles. The first-order valence-corrected chi connectivity index (χ1v) is 5.05. The van der Waals surface area contributed by atoms with E-state index in [-0.39, 0.29) is 5.91 Å². The van der Waals surface area contributed by atoms with Crippen molar-refractivity contribution < 1.29 is 4.79 Å². The highest BCUT2D eigenvalue weighted by atomic mass is 16.1. The number of rotatable bonds is 4. The summed E-state index contributed by atoms with van der Waals surface area (Å²) in [6.07, 6.45) is 1.48. The summed E-state index contributed by atoms with van der Waals surface area (Å²) in [6.45, 7) is 4.69. The molecule has 0 unspecified atom stereocenters. The van der Waals surface area contributed by atoms with Crippen molar-refractivity contribution in [1.29, 1.82) is 0 Å². The van der Waals surface area contributed by atoms with Crippen LogP contribution in [0.3, 0.4) is 0 Å². The third-order valence-corrected chi connectivity index (χ3v) is 2.30. The van der Waals surface area contributed by atoms with Crippen molar-refractivity contribution in [2.24, 2.45) is 0 Å². The van der Waals surface area contributed by atoms with E-state index in [0.29, 0.717) is 6.42 Å². The molecule has 0 heterocycles. The predicted molar refractivity (Wildman–Crippen MR) is 58.2 cm³/mol. The normalized spacial score (nSPS) is 9.86. The number of hydrogen-bond donors (Lipinski definition) is 1. The standard InChI is InChI=1S/C12H17NO/c1-3-12(14)13-9-8-11-7-5-4-6-10(11)2/h4-7H,3,8-9H2,1-2H3,(H,13,14). The molecular weight excluding hydrogens is 174 g/mol. The zero-order chi connectivity index (χ0) is 10.4. The molecule has 1 N–H and O–H groups in total. The van der Waals surface area contributed by atoms with Gasteiger partial charge in [-0.3, -0.25) is 4.79 Å². The maximum Gasteiger partial charge on any atom is 0.219 e. The molecule has 0 atom stereocenters. The lowest BCUT2D eigenvalue weighted by atomic mass is 10.1.